The molecule has 7 nitrogen and oxygen atoms in total. The van der Waals surface area contributed by atoms with Gasteiger partial charge in [-0.25, -0.2) is 4.79 Å². The molecule has 0 saturated heterocycles. The van der Waals surface area contributed by atoms with Gasteiger partial charge >= 0.3 is 13.6 Å². The Kier molecular flexibility index (Phi) is 4.13. The van der Waals surface area contributed by atoms with Crippen LogP contribution in [0.4, 0.5) is 0 Å². The Bertz CT molecular complexity index is 543. The van der Waals surface area contributed by atoms with Crippen LogP contribution >= 0.6 is 7.60 Å². The molecule has 5 N–H and O–H groups in total. The number of hydrogen-bond acceptors (Lipinski definition) is 4. The fraction of sp³-hybridized carbons (Fsp3) is 0.100. The van der Waals surface area contributed by atoms with Gasteiger partial charge < -0.3 is 25.1 Å². The molecule has 1 aromatic rings. The lowest BCUT2D eigenvalue weighted by atomic mass is 10.1. The van der Waals surface area contributed by atoms with Crippen LogP contribution in [-0.2, 0) is 9.36 Å². The van der Waals surface area contributed by atoms with Crippen LogP contribution in [0, 0.1) is 0 Å². The summed E-state index contributed by atoms with van der Waals surface area (Å²) in [5.74, 6) is -2.30. The maximum atomic E-state index is 10.8. The van der Waals surface area contributed by atoms with Crippen LogP contribution in [-0.4, -0.2) is 37.2 Å². The Morgan fingerprint density at radius 2 is 1.83 bits per heavy atom. The van der Waals surface area contributed by atoms with E-state index in [0.29, 0.717) is 0 Å². The molecular weight excluding hydrogens is 263 g/mol. The summed E-state index contributed by atoms with van der Waals surface area (Å²) in [6.07, 6.45) is 0.102. The molecule has 0 aliphatic rings. The number of carboxylic acids is 1. The van der Waals surface area contributed by atoms with Crippen molar-refractivity contribution in [3.05, 3.63) is 29.3 Å². The zero-order chi connectivity index (χ0) is 13.9. The van der Waals surface area contributed by atoms with Crippen molar-refractivity contribution in [2.24, 2.45) is 0 Å². The molecule has 0 heterocycles. The number of phenols is 2. The molecule has 0 atom stereocenters. The van der Waals surface area contributed by atoms with Crippen molar-refractivity contribution in [1.82, 2.24) is 0 Å². The topological polar surface area (TPSA) is 135 Å². The molecular formula is C10H11O7P. The SMILES string of the molecule is O=C(O)/C(=C/c1ccc(O)c(O)c1)CP(=O)(O)O. The highest BCUT2D eigenvalue weighted by molar-refractivity contribution is 7.52. The predicted octanol–water partition coefficient (Wildman–Crippen LogP) is 0.743. The Morgan fingerprint density at radius 3 is 2.28 bits per heavy atom. The zero-order valence-corrected chi connectivity index (χ0v) is 9.91. The van der Waals surface area contributed by atoms with Crippen molar-refractivity contribution in [2.45, 2.75) is 0 Å². The summed E-state index contributed by atoms with van der Waals surface area (Å²) in [7, 11) is -4.50. The predicted molar refractivity (Wildman–Crippen MR) is 62.3 cm³/mol. The van der Waals surface area contributed by atoms with Crippen molar-refractivity contribution in [1.29, 1.82) is 0 Å². The van der Waals surface area contributed by atoms with Gasteiger partial charge in [0.1, 0.15) is 0 Å². The molecule has 0 aromatic heterocycles. The fourth-order valence-electron chi connectivity index (χ4n) is 1.23. The minimum absolute atomic E-state index is 0.205. The summed E-state index contributed by atoms with van der Waals surface area (Å²) in [6.45, 7) is 0. The molecule has 0 aliphatic carbocycles. The largest absolute Gasteiger partial charge is 0.504 e. The first-order valence-electron chi connectivity index (χ1n) is 4.69. The van der Waals surface area contributed by atoms with E-state index >= 15 is 0 Å². The molecule has 1 rings (SSSR count). The number of aliphatic carboxylic acids is 1. The van der Waals surface area contributed by atoms with Crippen LogP contribution in [0.5, 0.6) is 11.5 Å². The number of phenolic OH excluding ortho intramolecular Hbond substituents is 2. The molecule has 1 aromatic carbocycles. The highest BCUT2D eigenvalue weighted by Gasteiger charge is 2.20. The Balaban J connectivity index is 3.12. The van der Waals surface area contributed by atoms with Crippen LogP contribution in [0.15, 0.2) is 23.8 Å². The van der Waals surface area contributed by atoms with E-state index in [0.717, 1.165) is 18.2 Å². The maximum absolute atomic E-state index is 10.8. The van der Waals surface area contributed by atoms with E-state index in [9.17, 15) is 14.5 Å². The molecule has 0 bridgehead atoms. The van der Waals surface area contributed by atoms with Crippen LogP contribution in [0.3, 0.4) is 0 Å². The van der Waals surface area contributed by atoms with Crippen LogP contribution in [0.25, 0.3) is 6.08 Å². The highest BCUT2D eigenvalue weighted by Crippen LogP contribution is 2.37. The Hall–Kier alpha value is -1.82. The maximum Gasteiger partial charge on any atom is 0.332 e. The van der Waals surface area contributed by atoms with Crippen LogP contribution < -0.4 is 0 Å². The number of carbonyl (C=O) groups is 1. The zero-order valence-electron chi connectivity index (χ0n) is 9.02. The van der Waals surface area contributed by atoms with Crippen molar-refractivity contribution in [2.75, 3.05) is 6.16 Å². The first-order valence-corrected chi connectivity index (χ1v) is 6.49. The van der Waals surface area contributed by atoms with Gasteiger partial charge in [-0.05, 0) is 23.8 Å². The van der Waals surface area contributed by atoms with Crippen LogP contribution in [0.2, 0.25) is 0 Å². The average molecular weight is 274 g/mol. The van der Waals surface area contributed by atoms with Crippen molar-refractivity contribution >= 4 is 19.6 Å². The highest BCUT2D eigenvalue weighted by atomic mass is 31.2. The summed E-state index contributed by atoms with van der Waals surface area (Å²) in [5.41, 5.74) is -0.287. The van der Waals surface area contributed by atoms with Crippen LogP contribution in [0.1, 0.15) is 5.56 Å². The van der Waals surface area contributed by atoms with Gasteiger partial charge in [-0.1, -0.05) is 6.07 Å². The molecule has 0 radical (unpaired) electrons. The van der Waals surface area contributed by atoms with Gasteiger partial charge in [0.05, 0.1) is 6.16 Å². The molecule has 0 fully saturated rings. The third-order valence-corrected chi connectivity index (χ3v) is 2.74. The van der Waals surface area contributed by atoms with E-state index in [-0.39, 0.29) is 11.3 Å². The molecule has 0 spiro atoms. The van der Waals surface area contributed by atoms with Crippen molar-refractivity contribution in [3.8, 4) is 11.5 Å². The molecule has 8 heteroatoms. The molecule has 18 heavy (non-hydrogen) atoms. The third-order valence-electron chi connectivity index (χ3n) is 1.99. The van der Waals surface area contributed by atoms with Gasteiger partial charge in [0, 0.05) is 5.57 Å². The van der Waals surface area contributed by atoms with Gasteiger partial charge in [-0.3, -0.25) is 4.57 Å². The number of rotatable bonds is 4. The molecule has 0 amide bonds. The van der Waals surface area contributed by atoms with Gasteiger partial charge in [-0.2, -0.15) is 0 Å². The third kappa shape index (κ3) is 4.21. The second kappa shape index (κ2) is 5.22. The molecule has 0 saturated carbocycles. The second-order valence-electron chi connectivity index (χ2n) is 3.55. The summed E-state index contributed by atoms with van der Waals surface area (Å²) in [6, 6.07) is 3.52. The van der Waals surface area contributed by atoms with E-state index in [1.54, 1.807) is 0 Å². The number of benzene rings is 1. The first kappa shape index (κ1) is 14.2. The summed E-state index contributed by atoms with van der Waals surface area (Å²) < 4.78 is 10.8. The minimum Gasteiger partial charge on any atom is -0.504 e. The lowest BCUT2D eigenvalue weighted by Gasteiger charge is -2.05. The standard InChI is InChI=1S/C10H11O7P/c11-8-2-1-6(4-9(8)12)3-7(10(13)14)5-18(15,16)17/h1-4,11-12H,5H2,(H,13,14)(H2,15,16,17)/b7-3+. The molecule has 0 unspecified atom stereocenters. The minimum atomic E-state index is -4.50. The summed E-state index contributed by atoms with van der Waals surface area (Å²) in [4.78, 5) is 28.3. The number of carboxylic acid groups (broad SMARTS) is 1. The lowest BCUT2D eigenvalue weighted by molar-refractivity contribution is -0.132. The summed E-state index contributed by atoms with van der Waals surface area (Å²) >= 11 is 0. The normalized spacial score (nSPS) is 12.4. The second-order valence-corrected chi connectivity index (χ2v) is 5.19. The monoisotopic (exact) mass is 274 g/mol. The van der Waals surface area contributed by atoms with Crippen molar-refractivity contribution < 1.29 is 34.5 Å². The average Bonchev–Trinajstić information content (AvgIpc) is 2.20. The van der Waals surface area contributed by atoms with Gasteiger partial charge in [0.2, 0.25) is 0 Å². The Labute approximate surface area is 102 Å². The summed E-state index contributed by atoms with van der Waals surface area (Å²) in [5, 5.41) is 27.1. The van der Waals surface area contributed by atoms with E-state index in [1.165, 1.54) is 6.07 Å². The quantitative estimate of drug-likeness (QED) is 0.310. The Morgan fingerprint density at radius 1 is 1.22 bits per heavy atom. The van der Waals surface area contributed by atoms with E-state index < -0.39 is 31.0 Å². The lowest BCUT2D eigenvalue weighted by Crippen LogP contribution is -2.05. The van der Waals surface area contributed by atoms with Gasteiger partial charge in [0.25, 0.3) is 0 Å². The first-order chi connectivity index (χ1) is 8.19. The van der Waals surface area contributed by atoms with Crippen molar-refractivity contribution in [3.63, 3.8) is 0 Å². The van der Waals surface area contributed by atoms with E-state index in [2.05, 4.69) is 0 Å². The molecule has 0 aliphatic heterocycles. The number of aromatic hydroxyl groups is 2. The smallest absolute Gasteiger partial charge is 0.332 e. The van der Waals surface area contributed by atoms with E-state index in [1.807, 2.05) is 0 Å². The van der Waals surface area contributed by atoms with E-state index in [4.69, 9.17) is 20.0 Å². The van der Waals surface area contributed by atoms with Gasteiger partial charge in [0.15, 0.2) is 11.5 Å². The number of hydrogen-bond donors (Lipinski definition) is 5. The van der Waals surface area contributed by atoms with Gasteiger partial charge in [-0.15, -0.1) is 0 Å². The fourth-order valence-corrected chi connectivity index (χ4v) is 1.90. The molecule has 98 valence electrons.